The first-order valence-electron chi connectivity index (χ1n) is 7.72. The summed E-state index contributed by atoms with van der Waals surface area (Å²) in [5.41, 5.74) is 6.05. The van der Waals surface area contributed by atoms with Crippen LogP contribution in [0.5, 0.6) is 0 Å². The minimum absolute atomic E-state index is 0.174. The van der Waals surface area contributed by atoms with Crippen LogP contribution in [0.4, 0.5) is 0 Å². The average Bonchev–Trinajstić information content (AvgIpc) is 2.40. The van der Waals surface area contributed by atoms with Gasteiger partial charge in [0, 0.05) is 44.3 Å². The molecule has 0 aromatic heterocycles. The van der Waals surface area contributed by atoms with E-state index in [2.05, 4.69) is 30.6 Å². The monoisotopic (exact) mass is 253 g/mol. The molecule has 0 aromatic carbocycles. The molecular weight excluding hydrogens is 222 g/mol. The van der Waals surface area contributed by atoms with Gasteiger partial charge >= 0.3 is 0 Å². The topological polar surface area (TPSA) is 32.5 Å². The number of nitrogens with two attached hydrogens (primary N) is 1. The van der Waals surface area contributed by atoms with E-state index in [9.17, 15) is 0 Å². The summed E-state index contributed by atoms with van der Waals surface area (Å²) in [7, 11) is 0. The Morgan fingerprint density at radius 2 is 1.56 bits per heavy atom. The van der Waals surface area contributed by atoms with E-state index < -0.39 is 0 Å². The van der Waals surface area contributed by atoms with E-state index in [0.29, 0.717) is 0 Å². The van der Waals surface area contributed by atoms with Crippen LogP contribution >= 0.6 is 0 Å². The number of nitrogens with zero attached hydrogens (tertiary/aromatic N) is 2. The fraction of sp³-hybridized carbons (Fsp3) is 1.00. The van der Waals surface area contributed by atoms with Crippen molar-refractivity contribution < 1.29 is 0 Å². The van der Waals surface area contributed by atoms with E-state index in [1.54, 1.807) is 0 Å². The zero-order valence-electron chi connectivity index (χ0n) is 12.5. The standard InChI is InChI=1S/C15H31N3/c1-13-4-6-14(7-5-13)17-8-10-18(11-9-17)15(2,3)12-16/h13-14H,4-12,16H2,1-3H3. The van der Waals surface area contributed by atoms with Crippen LogP contribution in [0.25, 0.3) is 0 Å². The zero-order valence-corrected chi connectivity index (χ0v) is 12.5. The highest BCUT2D eigenvalue weighted by atomic mass is 15.3. The maximum absolute atomic E-state index is 5.87. The SMILES string of the molecule is CC1CCC(N2CCN(C(C)(C)CN)CC2)CC1. The normalized spacial score (nSPS) is 32.7. The number of piperazine rings is 1. The first-order chi connectivity index (χ1) is 8.53. The van der Waals surface area contributed by atoms with Gasteiger partial charge in [0.15, 0.2) is 0 Å². The van der Waals surface area contributed by atoms with Crippen molar-refractivity contribution >= 4 is 0 Å². The molecule has 0 atom stereocenters. The first-order valence-corrected chi connectivity index (χ1v) is 7.72. The van der Waals surface area contributed by atoms with Crippen LogP contribution in [0.3, 0.4) is 0 Å². The van der Waals surface area contributed by atoms with Gasteiger partial charge in [-0.15, -0.1) is 0 Å². The van der Waals surface area contributed by atoms with Gasteiger partial charge in [-0.05, 0) is 45.4 Å². The minimum atomic E-state index is 0.174. The molecule has 1 saturated heterocycles. The van der Waals surface area contributed by atoms with Crippen LogP contribution in [-0.2, 0) is 0 Å². The third-order valence-electron chi connectivity index (χ3n) is 5.17. The molecule has 0 bridgehead atoms. The van der Waals surface area contributed by atoms with Crippen molar-refractivity contribution in [3.63, 3.8) is 0 Å². The van der Waals surface area contributed by atoms with Gasteiger partial charge in [0.05, 0.1) is 0 Å². The summed E-state index contributed by atoms with van der Waals surface area (Å²) < 4.78 is 0. The van der Waals surface area contributed by atoms with Gasteiger partial charge in [-0.3, -0.25) is 9.80 Å². The Labute approximate surface area is 113 Å². The van der Waals surface area contributed by atoms with Crippen LogP contribution in [0.1, 0.15) is 46.5 Å². The smallest absolute Gasteiger partial charge is 0.0276 e. The lowest BCUT2D eigenvalue weighted by molar-refractivity contribution is 0.0262. The lowest BCUT2D eigenvalue weighted by Gasteiger charge is -2.46. The largest absolute Gasteiger partial charge is 0.329 e. The highest BCUT2D eigenvalue weighted by molar-refractivity contribution is 4.89. The van der Waals surface area contributed by atoms with E-state index in [1.807, 2.05) is 0 Å². The Morgan fingerprint density at radius 1 is 1.00 bits per heavy atom. The zero-order chi connectivity index (χ0) is 13.2. The van der Waals surface area contributed by atoms with Crippen LogP contribution in [0.15, 0.2) is 0 Å². The summed E-state index contributed by atoms with van der Waals surface area (Å²) in [5, 5.41) is 0. The van der Waals surface area contributed by atoms with E-state index in [-0.39, 0.29) is 5.54 Å². The van der Waals surface area contributed by atoms with Gasteiger partial charge in [0.2, 0.25) is 0 Å². The molecule has 2 aliphatic rings. The lowest BCUT2D eigenvalue weighted by atomic mass is 9.86. The van der Waals surface area contributed by atoms with E-state index in [0.717, 1.165) is 18.5 Å². The second kappa shape index (κ2) is 5.89. The van der Waals surface area contributed by atoms with Crippen molar-refractivity contribution in [2.45, 2.75) is 58.0 Å². The molecule has 1 aliphatic carbocycles. The molecule has 0 unspecified atom stereocenters. The van der Waals surface area contributed by atoms with Crippen LogP contribution in [0, 0.1) is 5.92 Å². The quantitative estimate of drug-likeness (QED) is 0.834. The Hall–Kier alpha value is -0.120. The van der Waals surface area contributed by atoms with Gasteiger partial charge < -0.3 is 5.73 Å². The van der Waals surface area contributed by atoms with Crippen molar-refractivity contribution in [1.29, 1.82) is 0 Å². The maximum atomic E-state index is 5.87. The molecule has 18 heavy (non-hydrogen) atoms. The lowest BCUT2D eigenvalue weighted by Crippen LogP contribution is -2.59. The summed E-state index contributed by atoms with van der Waals surface area (Å²) in [6.07, 6.45) is 5.70. The molecule has 0 aromatic rings. The molecule has 1 saturated carbocycles. The molecule has 1 heterocycles. The highest BCUT2D eigenvalue weighted by Gasteiger charge is 2.31. The molecule has 0 radical (unpaired) electrons. The van der Waals surface area contributed by atoms with Crippen LogP contribution < -0.4 is 5.73 Å². The fourth-order valence-corrected chi connectivity index (χ4v) is 3.43. The third-order valence-corrected chi connectivity index (χ3v) is 5.17. The predicted octanol–water partition coefficient (Wildman–Crippen LogP) is 1.92. The molecule has 1 aliphatic heterocycles. The number of hydrogen-bond acceptors (Lipinski definition) is 3. The van der Waals surface area contributed by atoms with Crippen molar-refractivity contribution in [2.75, 3.05) is 32.7 Å². The summed E-state index contributed by atoms with van der Waals surface area (Å²) in [6.45, 7) is 12.6. The molecular formula is C15H31N3. The number of hydrogen-bond donors (Lipinski definition) is 1. The summed E-state index contributed by atoms with van der Waals surface area (Å²) in [6, 6.07) is 0.865. The third kappa shape index (κ3) is 3.25. The maximum Gasteiger partial charge on any atom is 0.0276 e. The second-order valence-corrected chi connectivity index (χ2v) is 6.95. The summed E-state index contributed by atoms with van der Waals surface area (Å²) in [4.78, 5) is 5.30. The van der Waals surface area contributed by atoms with E-state index in [4.69, 9.17) is 5.73 Å². The molecule has 106 valence electrons. The highest BCUT2D eigenvalue weighted by Crippen LogP contribution is 2.28. The Balaban J connectivity index is 1.80. The van der Waals surface area contributed by atoms with Gasteiger partial charge in [-0.1, -0.05) is 6.92 Å². The number of rotatable bonds is 3. The Morgan fingerprint density at radius 3 is 2.06 bits per heavy atom. The van der Waals surface area contributed by atoms with Gasteiger partial charge in [-0.2, -0.15) is 0 Å². The Bertz CT molecular complexity index is 248. The van der Waals surface area contributed by atoms with Gasteiger partial charge in [0.1, 0.15) is 0 Å². The molecule has 0 spiro atoms. The second-order valence-electron chi connectivity index (χ2n) is 6.95. The first kappa shape index (κ1) is 14.3. The Kier molecular flexibility index (Phi) is 4.68. The van der Waals surface area contributed by atoms with Crippen LogP contribution in [0.2, 0.25) is 0 Å². The summed E-state index contributed by atoms with van der Waals surface area (Å²) >= 11 is 0. The predicted molar refractivity (Wildman–Crippen MR) is 77.7 cm³/mol. The fourth-order valence-electron chi connectivity index (χ4n) is 3.43. The molecule has 3 nitrogen and oxygen atoms in total. The van der Waals surface area contributed by atoms with E-state index >= 15 is 0 Å². The summed E-state index contributed by atoms with van der Waals surface area (Å²) in [5.74, 6) is 0.957. The van der Waals surface area contributed by atoms with E-state index in [1.165, 1.54) is 51.9 Å². The van der Waals surface area contributed by atoms with Crippen molar-refractivity contribution in [1.82, 2.24) is 9.80 Å². The van der Waals surface area contributed by atoms with Crippen molar-refractivity contribution in [2.24, 2.45) is 11.7 Å². The minimum Gasteiger partial charge on any atom is -0.329 e. The average molecular weight is 253 g/mol. The van der Waals surface area contributed by atoms with Crippen molar-refractivity contribution in [3.8, 4) is 0 Å². The molecule has 2 fully saturated rings. The van der Waals surface area contributed by atoms with Gasteiger partial charge in [-0.25, -0.2) is 0 Å². The molecule has 0 amide bonds. The van der Waals surface area contributed by atoms with Crippen molar-refractivity contribution in [3.05, 3.63) is 0 Å². The molecule has 3 heteroatoms. The van der Waals surface area contributed by atoms with Crippen LogP contribution in [-0.4, -0.2) is 54.1 Å². The van der Waals surface area contributed by atoms with Gasteiger partial charge in [0.25, 0.3) is 0 Å². The molecule has 2 N–H and O–H groups in total. The molecule has 2 rings (SSSR count).